The monoisotopic (exact) mass is 337 g/mol. The Hall–Kier alpha value is -2.03. The number of likely N-dealkylation sites (tertiary alicyclic amines) is 1. The molecule has 1 atom stereocenters. The first kappa shape index (κ1) is 15.5. The average Bonchev–Trinajstić information content (AvgIpc) is 3.03. The van der Waals surface area contributed by atoms with Gasteiger partial charge in [0.05, 0.1) is 0 Å². The van der Waals surface area contributed by atoms with E-state index in [2.05, 4.69) is 23.1 Å². The van der Waals surface area contributed by atoms with Gasteiger partial charge in [-0.2, -0.15) is 0 Å². The molecule has 0 aliphatic carbocycles. The highest BCUT2D eigenvalue weighted by atomic mass is 35.5. The number of benzene rings is 3. The van der Waals surface area contributed by atoms with Gasteiger partial charge in [0.15, 0.2) is 0 Å². The van der Waals surface area contributed by atoms with Crippen LogP contribution in [-0.2, 0) is 6.54 Å². The number of phenols is 1. The van der Waals surface area contributed by atoms with Crippen molar-refractivity contribution in [1.82, 2.24) is 4.90 Å². The van der Waals surface area contributed by atoms with Crippen LogP contribution >= 0.6 is 11.6 Å². The van der Waals surface area contributed by atoms with E-state index >= 15 is 0 Å². The summed E-state index contributed by atoms with van der Waals surface area (Å²) in [4.78, 5) is 2.44. The summed E-state index contributed by atoms with van der Waals surface area (Å²) in [5.41, 5.74) is 2.25. The van der Waals surface area contributed by atoms with Gasteiger partial charge in [0.25, 0.3) is 0 Å². The van der Waals surface area contributed by atoms with E-state index in [4.69, 9.17) is 11.6 Å². The van der Waals surface area contributed by atoms with Crippen molar-refractivity contribution < 1.29 is 5.11 Å². The van der Waals surface area contributed by atoms with Crippen LogP contribution < -0.4 is 0 Å². The fourth-order valence-corrected chi connectivity index (χ4v) is 3.99. The lowest BCUT2D eigenvalue weighted by Gasteiger charge is -2.26. The SMILES string of the molecule is Oc1c(C2CCCN2Cc2cccc(Cl)c2)ccc2ccccc12. The number of nitrogens with zero attached hydrogens (tertiary/aromatic N) is 1. The molecule has 0 bridgehead atoms. The van der Waals surface area contributed by atoms with Crippen LogP contribution in [0.4, 0.5) is 0 Å². The second-order valence-electron chi connectivity index (χ2n) is 6.48. The number of hydrogen-bond donors (Lipinski definition) is 1. The third-order valence-electron chi connectivity index (χ3n) is 4.93. The number of hydrogen-bond acceptors (Lipinski definition) is 2. The molecule has 1 aliphatic heterocycles. The first-order valence-electron chi connectivity index (χ1n) is 8.41. The van der Waals surface area contributed by atoms with E-state index in [0.717, 1.165) is 47.3 Å². The zero-order valence-corrected chi connectivity index (χ0v) is 14.2. The number of fused-ring (bicyclic) bond motifs is 1. The topological polar surface area (TPSA) is 23.5 Å². The fraction of sp³-hybridized carbons (Fsp3) is 0.238. The van der Waals surface area contributed by atoms with E-state index in [1.54, 1.807) is 0 Å². The molecule has 1 saturated heterocycles. The van der Waals surface area contributed by atoms with Crippen LogP contribution in [0.2, 0.25) is 5.02 Å². The van der Waals surface area contributed by atoms with Crippen LogP contribution in [0, 0.1) is 0 Å². The summed E-state index contributed by atoms with van der Waals surface area (Å²) in [6.45, 7) is 1.90. The van der Waals surface area contributed by atoms with E-state index in [1.807, 2.05) is 42.5 Å². The van der Waals surface area contributed by atoms with E-state index < -0.39 is 0 Å². The minimum atomic E-state index is 0.258. The Morgan fingerprint density at radius 2 is 1.92 bits per heavy atom. The molecule has 3 aromatic rings. The Morgan fingerprint density at radius 3 is 2.79 bits per heavy atom. The maximum Gasteiger partial charge on any atom is 0.128 e. The normalized spacial score (nSPS) is 18.3. The van der Waals surface area contributed by atoms with Crippen LogP contribution in [0.1, 0.15) is 30.0 Å². The maximum absolute atomic E-state index is 10.8. The molecule has 1 N–H and O–H groups in total. The third-order valence-corrected chi connectivity index (χ3v) is 5.16. The van der Waals surface area contributed by atoms with Crippen molar-refractivity contribution in [1.29, 1.82) is 0 Å². The van der Waals surface area contributed by atoms with Gasteiger partial charge >= 0.3 is 0 Å². The first-order chi connectivity index (χ1) is 11.7. The van der Waals surface area contributed by atoms with E-state index in [1.165, 1.54) is 5.56 Å². The Bertz CT molecular complexity index is 877. The Morgan fingerprint density at radius 1 is 1.04 bits per heavy atom. The molecule has 24 heavy (non-hydrogen) atoms. The van der Waals surface area contributed by atoms with Crippen molar-refractivity contribution in [2.75, 3.05) is 6.54 Å². The Labute approximate surface area is 147 Å². The lowest BCUT2D eigenvalue weighted by atomic mass is 9.98. The van der Waals surface area contributed by atoms with Gasteiger partial charge in [-0.1, -0.05) is 60.1 Å². The number of rotatable bonds is 3. The summed E-state index contributed by atoms with van der Waals surface area (Å²) < 4.78 is 0. The first-order valence-corrected chi connectivity index (χ1v) is 8.79. The van der Waals surface area contributed by atoms with Gasteiger partial charge in [-0.05, 0) is 42.5 Å². The van der Waals surface area contributed by atoms with Crippen molar-refractivity contribution in [3.63, 3.8) is 0 Å². The van der Waals surface area contributed by atoms with Gasteiger partial charge in [-0.25, -0.2) is 0 Å². The summed E-state index contributed by atoms with van der Waals surface area (Å²) in [6.07, 6.45) is 2.23. The predicted octanol–water partition coefficient (Wildman–Crippen LogP) is 5.54. The highest BCUT2D eigenvalue weighted by molar-refractivity contribution is 6.30. The summed E-state index contributed by atoms with van der Waals surface area (Å²) in [5, 5.41) is 13.6. The summed E-state index contributed by atoms with van der Waals surface area (Å²) >= 11 is 6.12. The highest BCUT2D eigenvalue weighted by Gasteiger charge is 2.28. The van der Waals surface area contributed by atoms with E-state index in [-0.39, 0.29) is 6.04 Å². The summed E-state index contributed by atoms with van der Waals surface area (Å²) in [6, 6.07) is 20.5. The molecular formula is C21H20ClNO. The van der Waals surface area contributed by atoms with E-state index in [9.17, 15) is 5.11 Å². The minimum absolute atomic E-state index is 0.258. The molecular weight excluding hydrogens is 318 g/mol. The lowest BCUT2D eigenvalue weighted by molar-refractivity contribution is 0.244. The van der Waals surface area contributed by atoms with Crippen LogP contribution in [-0.4, -0.2) is 16.6 Å². The van der Waals surface area contributed by atoms with Crippen molar-refractivity contribution in [2.24, 2.45) is 0 Å². The van der Waals surface area contributed by atoms with Gasteiger partial charge in [0, 0.05) is 28.6 Å². The largest absolute Gasteiger partial charge is 0.507 e. The van der Waals surface area contributed by atoms with Crippen LogP contribution in [0.25, 0.3) is 10.8 Å². The molecule has 0 saturated carbocycles. The second kappa shape index (κ2) is 6.46. The summed E-state index contributed by atoms with van der Waals surface area (Å²) in [7, 11) is 0. The molecule has 1 aliphatic rings. The van der Waals surface area contributed by atoms with Crippen molar-refractivity contribution >= 4 is 22.4 Å². The van der Waals surface area contributed by atoms with Crippen LogP contribution in [0.3, 0.4) is 0 Å². The quantitative estimate of drug-likeness (QED) is 0.678. The molecule has 122 valence electrons. The standard InChI is InChI=1S/C21H20ClNO/c22-17-7-3-5-15(13-17)14-23-12-4-9-20(23)19-11-10-16-6-1-2-8-18(16)21(19)24/h1-3,5-8,10-11,13,20,24H,4,9,12,14H2. The number of phenolic OH excluding ortho intramolecular Hbond substituents is 1. The maximum atomic E-state index is 10.8. The van der Waals surface area contributed by atoms with Crippen molar-refractivity contribution in [3.05, 3.63) is 76.8 Å². The minimum Gasteiger partial charge on any atom is -0.507 e. The third kappa shape index (κ3) is 2.88. The zero-order chi connectivity index (χ0) is 16.5. The smallest absolute Gasteiger partial charge is 0.128 e. The van der Waals surface area contributed by atoms with Gasteiger partial charge in [-0.15, -0.1) is 0 Å². The number of aromatic hydroxyl groups is 1. The van der Waals surface area contributed by atoms with Crippen LogP contribution in [0.5, 0.6) is 5.75 Å². The van der Waals surface area contributed by atoms with Gasteiger partial charge < -0.3 is 5.11 Å². The van der Waals surface area contributed by atoms with Gasteiger partial charge in [0.1, 0.15) is 5.75 Å². The second-order valence-corrected chi connectivity index (χ2v) is 6.92. The van der Waals surface area contributed by atoms with E-state index in [0.29, 0.717) is 5.75 Å². The predicted molar refractivity (Wildman–Crippen MR) is 99.4 cm³/mol. The van der Waals surface area contributed by atoms with Crippen molar-refractivity contribution in [2.45, 2.75) is 25.4 Å². The molecule has 3 heteroatoms. The molecule has 0 spiro atoms. The Kier molecular flexibility index (Phi) is 4.17. The Balaban J connectivity index is 1.66. The molecule has 1 unspecified atom stereocenters. The molecule has 0 amide bonds. The molecule has 1 heterocycles. The van der Waals surface area contributed by atoms with Crippen molar-refractivity contribution in [3.8, 4) is 5.75 Å². The molecule has 1 fully saturated rings. The lowest BCUT2D eigenvalue weighted by Crippen LogP contribution is -2.22. The molecule has 0 radical (unpaired) electrons. The number of halogens is 1. The summed E-state index contributed by atoms with van der Waals surface area (Å²) in [5.74, 6) is 0.427. The molecule has 3 aromatic carbocycles. The molecule has 2 nitrogen and oxygen atoms in total. The highest BCUT2D eigenvalue weighted by Crippen LogP contribution is 2.40. The fourth-order valence-electron chi connectivity index (χ4n) is 3.78. The van der Waals surface area contributed by atoms with Gasteiger partial charge in [-0.3, -0.25) is 4.90 Å². The molecule has 0 aromatic heterocycles. The molecule has 4 rings (SSSR count). The average molecular weight is 338 g/mol. The van der Waals surface area contributed by atoms with Gasteiger partial charge in [0.2, 0.25) is 0 Å². The van der Waals surface area contributed by atoms with Crippen LogP contribution in [0.15, 0.2) is 60.7 Å². The zero-order valence-electron chi connectivity index (χ0n) is 13.5.